The molecular formula is C24H26ClF3N2O4. The number of pyridine rings is 1. The number of nitrogens with zero attached hydrogens (tertiary/aromatic N) is 1. The Labute approximate surface area is 200 Å². The number of rotatable bonds is 9. The van der Waals surface area contributed by atoms with Crippen molar-refractivity contribution >= 4 is 23.4 Å². The van der Waals surface area contributed by atoms with Crippen LogP contribution >= 0.6 is 11.6 Å². The van der Waals surface area contributed by atoms with Gasteiger partial charge in [-0.05, 0) is 30.0 Å². The number of aromatic nitrogens is 1. The van der Waals surface area contributed by atoms with Gasteiger partial charge in [0.15, 0.2) is 0 Å². The van der Waals surface area contributed by atoms with Crippen molar-refractivity contribution in [3.8, 4) is 0 Å². The molecule has 0 bridgehead atoms. The summed E-state index contributed by atoms with van der Waals surface area (Å²) < 4.78 is 48.1. The lowest BCUT2D eigenvalue weighted by Crippen LogP contribution is -2.41. The molecule has 0 saturated carbocycles. The molecule has 1 aromatic carbocycles. The van der Waals surface area contributed by atoms with Crippen LogP contribution in [-0.4, -0.2) is 41.1 Å². The average molecular weight is 499 g/mol. The minimum Gasteiger partial charge on any atom is -0.462 e. The summed E-state index contributed by atoms with van der Waals surface area (Å²) in [6, 6.07) is 4.46. The molecule has 0 spiro atoms. The number of carbonyl (C=O) groups is 2. The van der Waals surface area contributed by atoms with Crippen LogP contribution in [0.5, 0.6) is 0 Å². The van der Waals surface area contributed by atoms with Gasteiger partial charge in [0.05, 0.1) is 29.8 Å². The molecule has 184 valence electrons. The highest BCUT2D eigenvalue weighted by atomic mass is 35.5. The number of hydrogen-bond acceptors (Lipinski definition) is 6. The van der Waals surface area contributed by atoms with Crippen molar-refractivity contribution < 1.29 is 32.6 Å². The third kappa shape index (κ3) is 6.57. The van der Waals surface area contributed by atoms with Crippen LogP contribution in [0, 0.1) is 23.1 Å². The summed E-state index contributed by atoms with van der Waals surface area (Å²) >= 11 is 5.75. The highest BCUT2D eigenvalue weighted by Gasteiger charge is 2.28. The first-order chi connectivity index (χ1) is 15.9. The second kappa shape index (κ2) is 11.5. The fourth-order valence-electron chi connectivity index (χ4n) is 3.02. The zero-order valence-corrected chi connectivity index (χ0v) is 20.0. The second-order valence-corrected chi connectivity index (χ2v) is 8.95. The van der Waals surface area contributed by atoms with E-state index < -0.39 is 52.1 Å². The normalized spacial score (nSPS) is 12.9. The lowest BCUT2D eigenvalue weighted by atomic mass is 9.87. The quantitative estimate of drug-likeness (QED) is 0.133. The zero-order valence-electron chi connectivity index (χ0n) is 19.2. The summed E-state index contributed by atoms with van der Waals surface area (Å²) in [5.74, 6) is -5.62. The lowest BCUT2D eigenvalue weighted by molar-refractivity contribution is -0.138. The van der Waals surface area contributed by atoms with Crippen molar-refractivity contribution in [2.24, 2.45) is 5.41 Å². The van der Waals surface area contributed by atoms with E-state index in [-0.39, 0.29) is 35.8 Å². The van der Waals surface area contributed by atoms with Gasteiger partial charge in [-0.1, -0.05) is 44.5 Å². The van der Waals surface area contributed by atoms with E-state index >= 15 is 0 Å². The Morgan fingerprint density at radius 2 is 1.88 bits per heavy atom. The van der Waals surface area contributed by atoms with Crippen LogP contribution in [0.25, 0.3) is 0 Å². The Morgan fingerprint density at radius 3 is 2.47 bits per heavy atom. The van der Waals surface area contributed by atoms with Crippen LogP contribution in [0.3, 0.4) is 0 Å². The van der Waals surface area contributed by atoms with Crippen molar-refractivity contribution in [2.45, 2.75) is 40.2 Å². The van der Waals surface area contributed by atoms with Gasteiger partial charge in [-0.25, -0.2) is 9.18 Å². The average Bonchev–Trinajstić information content (AvgIpc) is 2.75. The number of halogens is 4. The minimum atomic E-state index is -1.44. The lowest BCUT2D eigenvalue weighted by Gasteiger charge is -2.29. The number of carbonyl (C=O) groups excluding carboxylic acids is 2. The molecule has 2 aromatic rings. The van der Waals surface area contributed by atoms with Gasteiger partial charge in [-0.3, -0.25) is 4.79 Å². The molecule has 0 unspecified atom stereocenters. The highest BCUT2D eigenvalue weighted by molar-refractivity contribution is 6.30. The number of Topliss-reactive ketones (excluding diaryl/α,β-unsaturated/α-hetero) is 1. The van der Waals surface area contributed by atoms with Crippen molar-refractivity contribution in [1.29, 1.82) is 0 Å². The second-order valence-electron chi connectivity index (χ2n) is 8.54. The molecule has 1 heterocycles. The standard InChI is InChI=1S/C24H26ClF3N2O4/c1-5-34-23(33)16(11-29-18(12-31)24(2,3)4)20(32)15-10-14(21(27)30-22(15)28)9-13-7-6-8-17(25)19(13)26/h6-8,10-11,18,29,31H,5,9,12H2,1-4H3/b16-11-/t18-/m1/s1. The van der Waals surface area contributed by atoms with Crippen LogP contribution in [0.1, 0.15) is 49.2 Å². The predicted molar refractivity (Wildman–Crippen MR) is 121 cm³/mol. The molecule has 0 radical (unpaired) electrons. The molecule has 2 N–H and O–H groups in total. The Bertz CT molecular complexity index is 1100. The van der Waals surface area contributed by atoms with Crippen LogP contribution in [0.2, 0.25) is 5.02 Å². The van der Waals surface area contributed by atoms with E-state index in [4.69, 9.17) is 16.3 Å². The van der Waals surface area contributed by atoms with E-state index in [2.05, 4.69) is 10.3 Å². The third-order valence-corrected chi connectivity index (χ3v) is 5.35. The van der Waals surface area contributed by atoms with Gasteiger partial charge in [0, 0.05) is 18.2 Å². The smallest absolute Gasteiger partial charge is 0.343 e. The van der Waals surface area contributed by atoms with Crippen molar-refractivity contribution in [3.05, 3.63) is 75.5 Å². The van der Waals surface area contributed by atoms with Gasteiger partial charge < -0.3 is 15.2 Å². The molecular weight excluding hydrogens is 473 g/mol. The number of esters is 1. The molecule has 0 aliphatic heterocycles. The maximum absolute atomic E-state index is 14.5. The number of aliphatic hydroxyl groups is 1. The maximum atomic E-state index is 14.5. The minimum absolute atomic E-state index is 0.0111. The zero-order chi connectivity index (χ0) is 25.6. The van der Waals surface area contributed by atoms with Gasteiger partial charge in [0.1, 0.15) is 11.4 Å². The van der Waals surface area contributed by atoms with Crippen LogP contribution < -0.4 is 5.32 Å². The number of ketones is 1. The molecule has 0 aliphatic carbocycles. The SMILES string of the molecule is CCOC(=O)/C(=C\N[C@H](CO)C(C)(C)C)C(=O)c1cc(Cc2cccc(Cl)c2F)c(F)nc1F. The van der Waals surface area contributed by atoms with Gasteiger partial charge >= 0.3 is 5.97 Å². The number of aliphatic hydroxyl groups excluding tert-OH is 1. The summed E-state index contributed by atoms with van der Waals surface area (Å²) in [4.78, 5) is 28.7. The monoisotopic (exact) mass is 498 g/mol. The molecule has 0 fully saturated rings. The number of hydrogen-bond donors (Lipinski definition) is 2. The number of benzene rings is 1. The topological polar surface area (TPSA) is 88.5 Å². The summed E-state index contributed by atoms with van der Waals surface area (Å²) in [6.07, 6.45) is 0.671. The Hall–Kier alpha value is -2.91. The highest BCUT2D eigenvalue weighted by Crippen LogP contribution is 2.24. The largest absolute Gasteiger partial charge is 0.462 e. The molecule has 6 nitrogen and oxygen atoms in total. The van der Waals surface area contributed by atoms with E-state index in [1.165, 1.54) is 25.1 Å². The van der Waals surface area contributed by atoms with Crippen LogP contribution in [-0.2, 0) is 16.0 Å². The van der Waals surface area contributed by atoms with Crippen molar-refractivity contribution in [1.82, 2.24) is 10.3 Å². The van der Waals surface area contributed by atoms with Crippen LogP contribution in [0.4, 0.5) is 13.2 Å². The fraction of sp³-hybridized carbons (Fsp3) is 0.375. The Morgan fingerprint density at radius 1 is 1.21 bits per heavy atom. The van der Waals surface area contributed by atoms with Gasteiger partial charge in [-0.15, -0.1) is 0 Å². The maximum Gasteiger partial charge on any atom is 0.343 e. The molecule has 0 saturated heterocycles. The number of nitrogens with one attached hydrogen (secondary N) is 1. The molecule has 0 amide bonds. The number of ether oxygens (including phenoxy) is 1. The first-order valence-corrected chi connectivity index (χ1v) is 10.8. The van der Waals surface area contributed by atoms with Crippen LogP contribution in [0.15, 0.2) is 36.0 Å². The molecule has 10 heteroatoms. The molecule has 2 rings (SSSR count). The van der Waals surface area contributed by atoms with Gasteiger partial charge in [0.2, 0.25) is 17.7 Å². The van der Waals surface area contributed by atoms with Gasteiger partial charge in [0.25, 0.3) is 0 Å². The Balaban J connectivity index is 2.49. The van der Waals surface area contributed by atoms with Crippen molar-refractivity contribution in [2.75, 3.05) is 13.2 Å². The summed E-state index contributed by atoms with van der Waals surface area (Å²) in [6.45, 7) is 6.63. The summed E-state index contributed by atoms with van der Waals surface area (Å²) in [7, 11) is 0. The Kier molecular flexibility index (Phi) is 9.23. The predicted octanol–water partition coefficient (Wildman–Crippen LogP) is 4.37. The summed E-state index contributed by atoms with van der Waals surface area (Å²) in [5.41, 5.74) is -1.99. The van der Waals surface area contributed by atoms with Gasteiger partial charge in [-0.2, -0.15) is 13.8 Å². The summed E-state index contributed by atoms with van der Waals surface area (Å²) in [5, 5.41) is 12.2. The third-order valence-electron chi connectivity index (χ3n) is 5.06. The van der Waals surface area contributed by atoms with E-state index in [1.54, 1.807) is 0 Å². The van der Waals surface area contributed by atoms with E-state index in [1.807, 2.05) is 20.8 Å². The molecule has 1 atom stereocenters. The first-order valence-electron chi connectivity index (χ1n) is 10.5. The molecule has 34 heavy (non-hydrogen) atoms. The fourth-order valence-corrected chi connectivity index (χ4v) is 3.21. The molecule has 0 aliphatic rings. The van der Waals surface area contributed by atoms with Crippen molar-refractivity contribution in [3.63, 3.8) is 0 Å². The molecule has 1 aromatic heterocycles. The van der Waals surface area contributed by atoms with E-state index in [0.717, 1.165) is 12.3 Å². The van der Waals surface area contributed by atoms with E-state index in [9.17, 15) is 27.9 Å². The first kappa shape index (κ1) is 27.3. The van der Waals surface area contributed by atoms with E-state index in [0.29, 0.717) is 0 Å².